The molecule has 0 saturated carbocycles. The lowest BCUT2D eigenvalue weighted by atomic mass is 10.1. The van der Waals surface area contributed by atoms with Crippen molar-refractivity contribution in [3.63, 3.8) is 0 Å². The molecule has 0 amide bonds. The van der Waals surface area contributed by atoms with E-state index < -0.39 is 0 Å². The molecule has 1 aliphatic rings. The van der Waals surface area contributed by atoms with Crippen LogP contribution < -0.4 is 0 Å². The van der Waals surface area contributed by atoms with Crippen molar-refractivity contribution in [3.05, 3.63) is 47.6 Å². The summed E-state index contributed by atoms with van der Waals surface area (Å²) in [5.41, 5.74) is 1.88. The summed E-state index contributed by atoms with van der Waals surface area (Å²) in [6.07, 6.45) is 12.1. The van der Waals surface area contributed by atoms with Crippen LogP contribution in [0.15, 0.2) is 47.6 Å². The lowest BCUT2D eigenvalue weighted by Crippen LogP contribution is -1.79. The molecule has 0 fully saturated rings. The van der Waals surface area contributed by atoms with E-state index in [1.807, 2.05) is 31.2 Å². The van der Waals surface area contributed by atoms with Gasteiger partial charge in [-0.05, 0) is 6.92 Å². The summed E-state index contributed by atoms with van der Waals surface area (Å²) in [5, 5.41) is 0. The van der Waals surface area contributed by atoms with Gasteiger partial charge in [-0.3, -0.25) is 4.79 Å². The van der Waals surface area contributed by atoms with Crippen LogP contribution in [0.2, 0.25) is 0 Å². The highest BCUT2D eigenvalue weighted by molar-refractivity contribution is 5.78. The van der Waals surface area contributed by atoms with Crippen LogP contribution in [-0.2, 0) is 4.79 Å². The molecular formula is C10H10O. The zero-order chi connectivity index (χ0) is 8.10. The minimum atomic E-state index is 0.699. The second-order valence-electron chi connectivity index (χ2n) is 2.41. The van der Waals surface area contributed by atoms with Crippen molar-refractivity contribution >= 4 is 6.29 Å². The Kier molecular flexibility index (Phi) is 2.61. The molecule has 0 heterocycles. The van der Waals surface area contributed by atoms with E-state index in [2.05, 4.69) is 0 Å². The molecule has 56 valence electrons. The Hall–Kier alpha value is -1.37. The summed E-state index contributed by atoms with van der Waals surface area (Å²) in [4.78, 5) is 10.3. The smallest absolute Gasteiger partial charge is 0.150 e. The highest BCUT2D eigenvalue weighted by Crippen LogP contribution is 2.02. The van der Waals surface area contributed by atoms with E-state index in [4.69, 9.17) is 0 Å². The summed E-state index contributed by atoms with van der Waals surface area (Å²) in [6, 6.07) is 0. The van der Waals surface area contributed by atoms with Gasteiger partial charge in [0, 0.05) is 5.57 Å². The number of aldehydes is 1. The summed E-state index contributed by atoms with van der Waals surface area (Å²) < 4.78 is 0. The largest absolute Gasteiger partial charge is 0.298 e. The van der Waals surface area contributed by atoms with Crippen molar-refractivity contribution in [2.24, 2.45) is 0 Å². The first kappa shape index (κ1) is 7.73. The van der Waals surface area contributed by atoms with E-state index in [1.54, 1.807) is 12.2 Å². The van der Waals surface area contributed by atoms with Gasteiger partial charge in [-0.15, -0.1) is 0 Å². The molecule has 0 aromatic carbocycles. The predicted molar refractivity (Wildman–Crippen MR) is 46.2 cm³/mol. The molecule has 0 spiro atoms. The van der Waals surface area contributed by atoms with Gasteiger partial charge >= 0.3 is 0 Å². The minimum absolute atomic E-state index is 0.699. The fourth-order valence-corrected chi connectivity index (χ4v) is 0.812. The molecule has 1 heteroatoms. The van der Waals surface area contributed by atoms with Crippen LogP contribution in [0, 0.1) is 0 Å². The van der Waals surface area contributed by atoms with Crippen LogP contribution in [0.3, 0.4) is 0 Å². The van der Waals surface area contributed by atoms with Gasteiger partial charge in [0.05, 0.1) is 0 Å². The van der Waals surface area contributed by atoms with E-state index in [-0.39, 0.29) is 0 Å². The summed E-state index contributed by atoms with van der Waals surface area (Å²) in [7, 11) is 0. The summed E-state index contributed by atoms with van der Waals surface area (Å²) in [5.74, 6) is 0. The SMILES string of the molecule is CC1=CC=CC(C=O)=CC=C1. The van der Waals surface area contributed by atoms with Gasteiger partial charge in [0.25, 0.3) is 0 Å². The fourth-order valence-electron chi connectivity index (χ4n) is 0.812. The van der Waals surface area contributed by atoms with Gasteiger partial charge < -0.3 is 0 Å². The zero-order valence-electron chi connectivity index (χ0n) is 6.45. The number of carbonyl (C=O) groups excluding carboxylic acids is 1. The zero-order valence-corrected chi connectivity index (χ0v) is 6.45. The minimum Gasteiger partial charge on any atom is -0.298 e. The van der Waals surface area contributed by atoms with Gasteiger partial charge in [-0.25, -0.2) is 0 Å². The number of rotatable bonds is 1. The van der Waals surface area contributed by atoms with Crippen LogP contribution >= 0.6 is 0 Å². The maximum Gasteiger partial charge on any atom is 0.150 e. The van der Waals surface area contributed by atoms with Crippen LogP contribution in [0.5, 0.6) is 0 Å². The molecule has 1 nitrogen and oxygen atoms in total. The molecule has 0 unspecified atom stereocenters. The monoisotopic (exact) mass is 146 g/mol. The fraction of sp³-hybridized carbons (Fsp3) is 0.100. The van der Waals surface area contributed by atoms with Crippen LogP contribution in [0.4, 0.5) is 0 Å². The highest BCUT2D eigenvalue weighted by atomic mass is 16.1. The molecule has 0 bridgehead atoms. The molecule has 0 aromatic heterocycles. The molecule has 0 aliphatic heterocycles. The Morgan fingerprint density at radius 1 is 1.18 bits per heavy atom. The molecule has 0 atom stereocenters. The van der Waals surface area contributed by atoms with Crippen molar-refractivity contribution in [3.8, 4) is 0 Å². The van der Waals surface area contributed by atoms with Crippen molar-refractivity contribution in [2.45, 2.75) is 6.92 Å². The molecule has 0 saturated heterocycles. The second kappa shape index (κ2) is 3.71. The van der Waals surface area contributed by atoms with Crippen molar-refractivity contribution < 1.29 is 4.79 Å². The van der Waals surface area contributed by atoms with Crippen LogP contribution in [-0.4, -0.2) is 6.29 Å². The number of hydrogen-bond donors (Lipinski definition) is 0. The predicted octanol–water partition coefficient (Wildman–Crippen LogP) is 2.18. The first-order valence-electron chi connectivity index (χ1n) is 3.51. The van der Waals surface area contributed by atoms with E-state index >= 15 is 0 Å². The lowest BCUT2D eigenvalue weighted by Gasteiger charge is -1.92. The Bertz CT molecular complexity index is 265. The number of hydrogen-bond acceptors (Lipinski definition) is 1. The molecular weight excluding hydrogens is 136 g/mol. The highest BCUT2D eigenvalue weighted by Gasteiger charge is 1.87. The first-order chi connectivity index (χ1) is 5.33. The topological polar surface area (TPSA) is 17.1 Å². The van der Waals surface area contributed by atoms with Gasteiger partial charge in [0.2, 0.25) is 0 Å². The molecule has 0 radical (unpaired) electrons. The Balaban J connectivity index is 2.87. The molecule has 11 heavy (non-hydrogen) atoms. The number of allylic oxidation sites excluding steroid dienone is 8. The summed E-state index contributed by atoms with van der Waals surface area (Å²) >= 11 is 0. The van der Waals surface area contributed by atoms with Gasteiger partial charge in [-0.1, -0.05) is 42.0 Å². The standard InChI is InChI=1S/C10H10O/c1-9-4-2-6-10(8-11)7-3-5-9/h2-8H,1H3. The van der Waals surface area contributed by atoms with E-state index in [0.717, 1.165) is 6.29 Å². The maximum atomic E-state index is 10.3. The lowest BCUT2D eigenvalue weighted by molar-refractivity contribution is -0.104. The van der Waals surface area contributed by atoms with Gasteiger partial charge in [0.1, 0.15) is 6.29 Å². The maximum absolute atomic E-state index is 10.3. The van der Waals surface area contributed by atoms with Crippen molar-refractivity contribution in [1.82, 2.24) is 0 Å². The molecule has 0 aromatic rings. The molecule has 0 N–H and O–H groups in total. The van der Waals surface area contributed by atoms with E-state index in [1.165, 1.54) is 5.57 Å². The average molecular weight is 146 g/mol. The Morgan fingerprint density at radius 3 is 2.64 bits per heavy atom. The Morgan fingerprint density at radius 2 is 1.91 bits per heavy atom. The van der Waals surface area contributed by atoms with E-state index in [9.17, 15) is 4.79 Å². The van der Waals surface area contributed by atoms with Crippen LogP contribution in [0.25, 0.3) is 0 Å². The van der Waals surface area contributed by atoms with Crippen molar-refractivity contribution in [1.29, 1.82) is 0 Å². The van der Waals surface area contributed by atoms with Gasteiger partial charge in [-0.2, -0.15) is 0 Å². The first-order valence-corrected chi connectivity index (χ1v) is 3.51. The molecule has 1 rings (SSSR count). The third kappa shape index (κ3) is 2.38. The van der Waals surface area contributed by atoms with Gasteiger partial charge in [0.15, 0.2) is 0 Å². The average Bonchev–Trinajstić information content (AvgIpc) is 1.96. The third-order valence-electron chi connectivity index (χ3n) is 1.43. The molecule has 1 aliphatic carbocycles. The third-order valence-corrected chi connectivity index (χ3v) is 1.43. The second-order valence-corrected chi connectivity index (χ2v) is 2.41. The Labute approximate surface area is 66.4 Å². The van der Waals surface area contributed by atoms with E-state index in [0.29, 0.717) is 5.57 Å². The summed E-state index contributed by atoms with van der Waals surface area (Å²) in [6.45, 7) is 2.01. The van der Waals surface area contributed by atoms with Crippen LogP contribution in [0.1, 0.15) is 6.92 Å². The van der Waals surface area contributed by atoms with Crippen molar-refractivity contribution in [2.75, 3.05) is 0 Å². The normalized spacial score (nSPS) is 16.5. The number of carbonyl (C=O) groups is 1. The quantitative estimate of drug-likeness (QED) is 0.518.